The Kier molecular flexibility index (Phi) is 6.31. The molecular weight excluding hydrogens is 590 g/mol. The number of hydrogen-bond acceptors (Lipinski definition) is 6. The lowest BCUT2D eigenvalue weighted by molar-refractivity contribution is 0.430. The summed E-state index contributed by atoms with van der Waals surface area (Å²) in [5.74, 6) is 1.52. The van der Waals surface area contributed by atoms with Gasteiger partial charge in [0.1, 0.15) is 16.9 Å². The van der Waals surface area contributed by atoms with Crippen molar-refractivity contribution in [1.82, 2.24) is 19.9 Å². The molecule has 9 rings (SSSR count). The van der Waals surface area contributed by atoms with Crippen LogP contribution in [0.1, 0.15) is 28.1 Å². The van der Waals surface area contributed by atoms with Gasteiger partial charge in [0, 0.05) is 45.4 Å². The van der Waals surface area contributed by atoms with Gasteiger partial charge in [0.05, 0.1) is 45.4 Å². The Hall–Kier alpha value is -6.71. The minimum atomic E-state index is -0.830. The molecule has 0 unspecified atom stereocenters. The Labute approximate surface area is 276 Å². The van der Waals surface area contributed by atoms with E-state index in [1.54, 1.807) is 0 Å². The van der Waals surface area contributed by atoms with Crippen molar-refractivity contribution in [2.24, 2.45) is 0 Å². The van der Waals surface area contributed by atoms with Crippen molar-refractivity contribution >= 4 is 21.8 Å². The molecule has 5 heterocycles. The molecule has 6 heteroatoms. The number of benzene rings is 4. The second-order valence-electron chi connectivity index (χ2n) is 11.8. The van der Waals surface area contributed by atoms with E-state index in [9.17, 15) is 5.26 Å². The van der Waals surface area contributed by atoms with Gasteiger partial charge in [-0.15, -0.1) is 0 Å². The quantitative estimate of drug-likeness (QED) is 0.184. The van der Waals surface area contributed by atoms with Crippen LogP contribution < -0.4 is 4.74 Å². The molecule has 0 aliphatic carbocycles. The Bertz CT molecular complexity index is 2500. The van der Waals surface area contributed by atoms with E-state index in [0.717, 1.165) is 78.3 Å². The molecule has 0 fully saturated rings. The first kappa shape index (κ1) is 27.6. The molecule has 48 heavy (non-hydrogen) atoms. The molecule has 0 saturated carbocycles. The summed E-state index contributed by atoms with van der Waals surface area (Å²) in [6.45, 7) is 0. The normalized spacial score (nSPS) is 12.9. The molecule has 4 aromatic heterocycles. The van der Waals surface area contributed by atoms with E-state index in [-0.39, 0.29) is 0 Å². The van der Waals surface area contributed by atoms with Gasteiger partial charge in [-0.3, -0.25) is 9.97 Å². The minimum absolute atomic E-state index is 0.616. The fraction of sp³-hybridized carbons (Fsp3) is 0.0238. The molecular formula is C42H25N5O. The van der Waals surface area contributed by atoms with Crippen LogP contribution in [0.5, 0.6) is 11.5 Å². The molecule has 224 valence electrons. The first-order valence-corrected chi connectivity index (χ1v) is 15.7. The SMILES string of the molecule is N#Cc1ccc(-c2ccc3ccc4ccc(-c5ccc6c(c5)C(c5ccccn5)(c5ccccn5)c5ccccc5O6)nc4c3n2)cc1. The van der Waals surface area contributed by atoms with E-state index < -0.39 is 5.41 Å². The molecule has 0 amide bonds. The minimum Gasteiger partial charge on any atom is -0.457 e. The summed E-state index contributed by atoms with van der Waals surface area (Å²) in [5, 5.41) is 11.3. The van der Waals surface area contributed by atoms with Crippen molar-refractivity contribution in [2.45, 2.75) is 5.41 Å². The maximum absolute atomic E-state index is 9.25. The van der Waals surface area contributed by atoms with Gasteiger partial charge in [0.2, 0.25) is 0 Å². The second kappa shape index (κ2) is 11.0. The fourth-order valence-corrected chi connectivity index (χ4v) is 6.86. The summed E-state index contributed by atoms with van der Waals surface area (Å²) in [5.41, 5.74) is 8.59. The third kappa shape index (κ3) is 4.26. The standard InChI is InChI=1S/C42H25N5O/c43-26-27-11-13-28(14-12-27)34-20-17-29-15-16-30-18-21-35(47-41(30)40(29)46-34)31-19-22-37-33(25-31)42(38-9-3-5-23-44-38,39-10-4-6-24-45-39)32-7-1-2-8-36(32)48-37/h1-25H. The molecule has 8 aromatic rings. The van der Waals surface area contributed by atoms with Gasteiger partial charge in [0.25, 0.3) is 0 Å². The molecule has 1 aliphatic rings. The van der Waals surface area contributed by atoms with Crippen molar-refractivity contribution in [2.75, 3.05) is 0 Å². The maximum atomic E-state index is 9.25. The van der Waals surface area contributed by atoms with Crippen LogP contribution in [0.3, 0.4) is 0 Å². The Morgan fingerprint density at radius 2 is 1.08 bits per heavy atom. The van der Waals surface area contributed by atoms with Crippen molar-refractivity contribution in [3.8, 4) is 40.1 Å². The lowest BCUT2D eigenvalue weighted by Crippen LogP contribution is -2.36. The molecule has 0 radical (unpaired) electrons. The number of aromatic nitrogens is 4. The van der Waals surface area contributed by atoms with E-state index in [1.807, 2.05) is 91.3 Å². The van der Waals surface area contributed by atoms with Crippen molar-refractivity contribution in [1.29, 1.82) is 5.26 Å². The van der Waals surface area contributed by atoms with Crippen LogP contribution in [-0.2, 0) is 5.41 Å². The topological polar surface area (TPSA) is 84.6 Å². The highest BCUT2D eigenvalue weighted by atomic mass is 16.5. The number of fused-ring (bicyclic) bond motifs is 5. The lowest BCUT2D eigenvalue weighted by atomic mass is 9.67. The third-order valence-electron chi connectivity index (χ3n) is 9.12. The summed E-state index contributed by atoms with van der Waals surface area (Å²) in [6, 6.07) is 48.5. The fourth-order valence-electron chi connectivity index (χ4n) is 6.86. The van der Waals surface area contributed by atoms with Crippen LogP contribution in [0.25, 0.3) is 44.3 Å². The molecule has 0 atom stereocenters. The van der Waals surface area contributed by atoms with Crippen molar-refractivity contribution in [3.05, 3.63) is 180 Å². The van der Waals surface area contributed by atoms with E-state index in [2.05, 4.69) is 66.7 Å². The number of ether oxygens (including phenoxy) is 1. The molecule has 1 aliphatic heterocycles. The number of nitrogens with zero attached hydrogens (tertiary/aromatic N) is 5. The van der Waals surface area contributed by atoms with E-state index >= 15 is 0 Å². The highest BCUT2D eigenvalue weighted by molar-refractivity contribution is 6.04. The summed E-state index contributed by atoms with van der Waals surface area (Å²) < 4.78 is 6.56. The monoisotopic (exact) mass is 615 g/mol. The zero-order chi connectivity index (χ0) is 32.1. The van der Waals surface area contributed by atoms with Gasteiger partial charge < -0.3 is 4.74 Å². The average molecular weight is 616 g/mol. The Morgan fingerprint density at radius 1 is 0.521 bits per heavy atom. The van der Waals surface area contributed by atoms with Crippen LogP contribution in [0.2, 0.25) is 0 Å². The van der Waals surface area contributed by atoms with Crippen LogP contribution >= 0.6 is 0 Å². The zero-order valence-electron chi connectivity index (χ0n) is 25.6. The molecule has 0 saturated heterocycles. The maximum Gasteiger partial charge on any atom is 0.132 e. The number of pyridine rings is 4. The first-order valence-electron chi connectivity index (χ1n) is 15.7. The largest absolute Gasteiger partial charge is 0.457 e. The molecule has 0 bridgehead atoms. The van der Waals surface area contributed by atoms with Gasteiger partial charge in [-0.2, -0.15) is 5.26 Å². The lowest BCUT2D eigenvalue weighted by Gasteiger charge is -2.39. The van der Waals surface area contributed by atoms with E-state index in [4.69, 9.17) is 24.7 Å². The van der Waals surface area contributed by atoms with Crippen LogP contribution in [0.4, 0.5) is 0 Å². The second-order valence-corrected chi connectivity index (χ2v) is 11.8. The number of hydrogen-bond donors (Lipinski definition) is 0. The molecule has 0 N–H and O–H groups in total. The summed E-state index contributed by atoms with van der Waals surface area (Å²) in [4.78, 5) is 20.2. The van der Waals surface area contributed by atoms with Gasteiger partial charge in [-0.25, -0.2) is 9.97 Å². The average Bonchev–Trinajstić information content (AvgIpc) is 3.17. The van der Waals surface area contributed by atoms with E-state index in [1.165, 1.54) is 0 Å². The van der Waals surface area contributed by atoms with Crippen LogP contribution in [0.15, 0.2) is 152 Å². The van der Waals surface area contributed by atoms with Gasteiger partial charge in [0.15, 0.2) is 0 Å². The number of para-hydroxylation sites is 1. The first-order chi connectivity index (χ1) is 23.7. The predicted molar refractivity (Wildman–Crippen MR) is 187 cm³/mol. The smallest absolute Gasteiger partial charge is 0.132 e. The van der Waals surface area contributed by atoms with Gasteiger partial charge >= 0.3 is 0 Å². The summed E-state index contributed by atoms with van der Waals surface area (Å²) >= 11 is 0. The van der Waals surface area contributed by atoms with E-state index in [0.29, 0.717) is 5.56 Å². The zero-order valence-corrected chi connectivity index (χ0v) is 25.6. The molecule has 0 spiro atoms. The number of rotatable bonds is 4. The summed E-state index contributed by atoms with van der Waals surface area (Å²) in [6.07, 6.45) is 3.66. The third-order valence-corrected chi connectivity index (χ3v) is 9.12. The predicted octanol–water partition coefficient (Wildman–Crippen LogP) is 9.27. The Balaban J connectivity index is 1.26. The number of nitriles is 1. The van der Waals surface area contributed by atoms with Crippen LogP contribution in [-0.4, -0.2) is 19.9 Å². The highest BCUT2D eigenvalue weighted by Gasteiger charge is 2.47. The molecule has 4 aromatic carbocycles. The van der Waals surface area contributed by atoms with Gasteiger partial charge in [-0.1, -0.05) is 66.7 Å². The van der Waals surface area contributed by atoms with Crippen molar-refractivity contribution in [3.63, 3.8) is 0 Å². The summed E-state index contributed by atoms with van der Waals surface area (Å²) in [7, 11) is 0. The van der Waals surface area contributed by atoms with Crippen molar-refractivity contribution < 1.29 is 4.74 Å². The van der Waals surface area contributed by atoms with Crippen LogP contribution in [0, 0.1) is 11.3 Å². The van der Waals surface area contributed by atoms with Gasteiger partial charge in [-0.05, 0) is 72.8 Å². The highest BCUT2D eigenvalue weighted by Crippen LogP contribution is 2.54. The Morgan fingerprint density at radius 3 is 1.71 bits per heavy atom. The molecule has 6 nitrogen and oxygen atoms in total.